The summed E-state index contributed by atoms with van der Waals surface area (Å²) < 4.78 is 13.0. The topological polar surface area (TPSA) is 37.4 Å². The van der Waals surface area contributed by atoms with Gasteiger partial charge in [-0.05, 0) is 29.8 Å². The minimum Gasteiger partial charge on any atom is -0.301 e. The highest BCUT2D eigenvalue weighted by Gasteiger charge is 2.19. The Morgan fingerprint density at radius 1 is 1.05 bits per heavy atom. The molecule has 0 atom stereocenters. The Balaban J connectivity index is 2.30. The Labute approximate surface area is 122 Å². The molecule has 4 heteroatoms. The Morgan fingerprint density at radius 3 is 2.24 bits per heavy atom. The van der Waals surface area contributed by atoms with Crippen molar-refractivity contribution < 1.29 is 14.0 Å². The highest BCUT2D eigenvalue weighted by molar-refractivity contribution is 6.00. The molecule has 21 heavy (non-hydrogen) atoms. The lowest BCUT2D eigenvalue weighted by atomic mass is 10.1. The molecule has 0 aliphatic rings. The minimum atomic E-state index is -0.372. The van der Waals surface area contributed by atoms with Crippen LogP contribution in [-0.2, 0) is 4.79 Å². The SMILES string of the molecule is C=C(c1ccc(F)cc1)N(CC=O)C(=O)c1ccccc1. The van der Waals surface area contributed by atoms with E-state index in [1.54, 1.807) is 30.3 Å². The van der Waals surface area contributed by atoms with Crippen molar-refractivity contribution in [3.05, 3.63) is 78.1 Å². The van der Waals surface area contributed by atoms with Crippen LogP contribution < -0.4 is 0 Å². The highest BCUT2D eigenvalue weighted by atomic mass is 19.1. The van der Waals surface area contributed by atoms with Gasteiger partial charge in [-0.25, -0.2) is 4.39 Å². The van der Waals surface area contributed by atoms with Crippen molar-refractivity contribution in [2.45, 2.75) is 0 Å². The van der Waals surface area contributed by atoms with Crippen molar-refractivity contribution in [3.8, 4) is 0 Å². The average Bonchev–Trinajstić information content (AvgIpc) is 2.53. The number of carbonyl (C=O) groups excluding carboxylic acids is 2. The van der Waals surface area contributed by atoms with Gasteiger partial charge in [0.25, 0.3) is 5.91 Å². The third-order valence-corrected chi connectivity index (χ3v) is 3.03. The lowest BCUT2D eigenvalue weighted by Crippen LogP contribution is -2.30. The summed E-state index contributed by atoms with van der Waals surface area (Å²) in [5, 5.41) is 0. The molecule has 0 spiro atoms. The van der Waals surface area contributed by atoms with Crippen LogP contribution in [0.5, 0.6) is 0 Å². The Morgan fingerprint density at radius 2 is 1.67 bits per heavy atom. The molecular weight excluding hydrogens is 269 g/mol. The summed E-state index contributed by atoms with van der Waals surface area (Å²) in [7, 11) is 0. The van der Waals surface area contributed by atoms with E-state index >= 15 is 0 Å². The molecule has 2 aromatic rings. The zero-order valence-electron chi connectivity index (χ0n) is 11.3. The summed E-state index contributed by atoms with van der Waals surface area (Å²) in [5.41, 5.74) is 1.40. The number of halogens is 1. The van der Waals surface area contributed by atoms with Gasteiger partial charge in [-0.2, -0.15) is 0 Å². The van der Waals surface area contributed by atoms with Crippen LogP contribution in [0.3, 0.4) is 0 Å². The predicted molar refractivity (Wildman–Crippen MR) is 79.0 cm³/mol. The van der Waals surface area contributed by atoms with Gasteiger partial charge in [0.2, 0.25) is 0 Å². The van der Waals surface area contributed by atoms with Crippen molar-refractivity contribution in [1.29, 1.82) is 0 Å². The number of benzene rings is 2. The smallest absolute Gasteiger partial charge is 0.258 e. The van der Waals surface area contributed by atoms with E-state index in [0.717, 1.165) is 0 Å². The summed E-state index contributed by atoms with van der Waals surface area (Å²) >= 11 is 0. The highest BCUT2D eigenvalue weighted by Crippen LogP contribution is 2.19. The number of rotatable bonds is 5. The van der Waals surface area contributed by atoms with Crippen LogP contribution in [0.15, 0.2) is 61.2 Å². The van der Waals surface area contributed by atoms with Crippen LogP contribution in [-0.4, -0.2) is 23.6 Å². The maximum Gasteiger partial charge on any atom is 0.258 e. The first-order valence-electron chi connectivity index (χ1n) is 6.39. The second-order valence-corrected chi connectivity index (χ2v) is 4.40. The first kappa shape index (κ1) is 14.7. The van der Waals surface area contributed by atoms with Crippen LogP contribution in [0.25, 0.3) is 5.70 Å². The van der Waals surface area contributed by atoms with Crippen LogP contribution in [0.1, 0.15) is 15.9 Å². The monoisotopic (exact) mass is 283 g/mol. The van der Waals surface area contributed by atoms with E-state index < -0.39 is 0 Å². The normalized spacial score (nSPS) is 9.95. The molecule has 0 fully saturated rings. The fourth-order valence-electron chi connectivity index (χ4n) is 1.92. The molecule has 0 saturated carbocycles. The average molecular weight is 283 g/mol. The molecule has 2 aromatic carbocycles. The molecule has 0 aliphatic carbocycles. The van der Waals surface area contributed by atoms with Gasteiger partial charge >= 0.3 is 0 Å². The molecule has 0 N–H and O–H groups in total. The number of hydrogen-bond donors (Lipinski definition) is 0. The maximum absolute atomic E-state index is 13.0. The summed E-state index contributed by atoms with van der Waals surface area (Å²) in [6.07, 6.45) is 0.634. The number of nitrogens with zero attached hydrogens (tertiary/aromatic N) is 1. The number of carbonyl (C=O) groups is 2. The quantitative estimate of drug-likeness (QED) is 0.791. The zero-order valence-corrected chi connectivity index (χ0v) is 11.3. The van der Waals surface area contributed by atoms with E-state index in [4.69, 9.17) is 0 Å². The minimum absolute atomic E-state index is 0.107. The van der Waals surface area contributed by atoms with Crippen LogP contribution >= 0.6 is 0 Å². The van der Waals surface area contributed by atoms with Gasteiger partial charge in [0, 0.05) is 11.3 Å². The van der Waals surface area contributed by atoms with Gasteiger partial charge < -0.3 is 9.69 Å². The predicted octanol–water partition coefficient (Wildman–Crippen LogP) is 3.14. The van der Waals surface area contributed by atoms with Crippen molar-refractivity contribution in [1.82, 2.24) is 4.90 Å². The van der Waals surface area contributed by atoms with Crippen LogP contribution in [0.4, 0.5) is 4.39 Å². The number of hydrogen-bond acceptors (Lipinski definition) is 2. The lowest BCUT2D eigenvalue weighted by molar-refractivity contribution is -0.108. The number of aldehydes is 1. The van der Waals surface area contributed by atoms with E-state index in [0.29, 0.717) is 23.1 Å². The Kier molecular flexibility index (Phi) is 4.61. The molecule has 2 rings (SSSR count). The molecule has 1 amide bonds. The molecule has 0 heterocycles. The molecule has 0 saturated heterocycles. The van der Waals surface area contributed by atoms with E-state index in [1.165, 1.54) is 29.2 Å². The zero-order chi connectivity index (χ0) is 15.2. The molecule has 0 aliphatic heterocycles. The molecular formula is C17H14FNO2. The fraction of sp³-hybridized carbons (Fsp3) is 0.0588. The maximum atomic E-state index is 13.0. The van der Waals surface area contributed by atoms with Gasteiger partial charge in [-0.15, -0.1) is 0 Å². The summed E-state index contributed by atoms with van der Waals surface area (Å²) in [5.74, 6) is -0.695. The van der Waals surface area contributed by atoms with Crippen molar-refractivity contribution >= 4 is 17.9 Å². The second-order valence-electron chi connectivity index (χ2n) is 4.40. The third-order valence-electron chi connectivity index (χ3n) is 3.03. The van der Waals surface area contributed by atoms with E-state index in [9.17, 15) is 14.0 Å². The molecule has 0 aromatic heterocycles. The van der Waals surface area contributed by atoms with E-state index in [2.05, 4.69) is 6.58 Å². The third kappa shape index (κ3) is 3.42. The van der Waals surface area contributed by atoms with Crippen molar-refractivity contribution in [3.63, 3.8) is 0 Å². The van der Waals surface area contributed by atoms with Gasteiger partial charge in [-0.1, -0.05) is 36.9 Å². The van der Waals surface area contributed by atoms with Gasteiger partial charge in [0.15, 0.2) is 0 Å². The standard InChI is InChI=1S/C17H14FNO2/c1-13(14-7-9-16(18)10-8-14)19(11-12-20)17(21)15-5-3-2-4-6-15/h2-10,12H,1,11H2. The van der Waals surface area contributed by atoms with Crippen LogP contribution in [0, 0.1) is 5.82 Å². The summed E-state index contributed by atoms with van der Waals surface area (Å²) in [4.78, 5) is 24.6. The van der Waals surface area contributed by atoms with Crippen molar-refractivity contribution in [2.24, 2.45) is 0 Å². The molecule has 0 bridgehead atoms. The molecule has 106 valence electrons. The molecule has 3 nitrogen and oxygen atoms in total. The summed E-state index contributed by atoms with van der Waals surface area (Å²) in [6, 6.07) is 14.2. The first-order chi connectivity index (χ1) is 10.1. The second kappa shape index (κ2) is 6.61. The van der Waals surface area contributed by atoms with Crippen molar-refractivity contribution in [2.75, 3.05) is 6.54 Å². The van der Waals surface area contributed by atoms with Crippen LogP contribution in [0.2, 0.25) is 0 Å². The Hall–Kier alpha value is -2.75. The number of amides is 1. The lowest BCUT2D eigenvalue weighted by Gasteiger charge is -2.23. The molecule has 0 radical (unpaired) electrons. The van der Waals surface area contributed by atoms with E-state index in [1.807, 2.05) is 0 Å². The van der Waals surface area contributed by atoms with Gasteiger partial charge in [-0.3, -0.25) is 4.79 Å². The molecule has 0 unspecified atom stereocenters. The first-order valence-corrected chi connectivity index (χ1v) is 6.39. The van der Waals surface area contributed by atoms with E-state index in [-0.39, 0.29) is 18.3 Å². The van der Waals surface area contributed by atoms with Gasteiger partial charge in [0.05, 0.1) is 6.54 Å². The Bertz CT molecular complexity index is 650. The summed E-state index contributed by atoms with van der Waals surface area (Å²) in [6.45, 7) is 3.74. The fourth-order valence-corrected chi connectivity index (χ4v) is 1.92. The van der Waals surface area contributed by atoms with Gasteiger partial charge in [0.1, 0.15) is 12.1 Å². The largest absolute Gasteiger partial charge is 0.301 e.